The van der Waals surface area contributed by atoms with Crippen LogP contribution in [0.25, 0.3) is 10.8 Å². The van der Waals surface area contributed by atoms with Gasteiger partial charge < -0.3 is 15.2 Å². The Morgan fingerprint density at radius 2 is 2.00 bits per heavy atom. The van der Waals surface area contributed by atoms with Crippen molar-refractivity contribution in [2.75, 3.05) is 6.61 Å². The number of benzene rings is 2. The second-order valence-electron chi connectivity index (χ2n) is 6.14. The summed E-state index contributed by atoms with van der Waals surface area (Å²) in [5.74, 6) is -1.29. The van der Waals surface area contributed by atoms with Gasteiger partial charge in [-0.1, -0.05) is 42.5 Å². The maximum absolute atomic E-state index is 12.1. The third-order valence-electron chi connectivity index (χ3n) is 4.37. The van der Waals surface area contributed by atoms with Crippen LogP contribution in [0.15, 0.2) is 42.5 Å². The van der Waals surface area contributed by atoms with Gasteiger partial charge in [-0.15, -0.1) is 0 Å². The quantitative estimate of drug-likeness (QED) is 0.855. The second kappa shape index (κ2) is 7.45. The molecule has 3 rings (SSSR count). The minimum Gasteiger partial charge on any atom is -0.480 e. The Labute approximate surface area is 140 Å². The zero-order valence-electron chi connectivity index (χ0n) is 13.4. The van der Waals surface area contributed by atoms with Crippen molar-refractivity contribution in [3.8, 4) is 0 Å². The summed E-state index contributed by atoms with van der Waals surface area (Å²) < 4.78 is 5.43. The van der Waals surface area contributed by atoms with Crippen LogP contribution in [-0.4, -0.2) is 35.7 Å². The van der Waals surface area contributed by atoms with E-state index in [4.69, 9.17) is 4.74 Å². The lowest BCUT2D eigenvalue weighted by molar-refractivity contribution is -0.142. The van der Waals surface area contributed by atoms with Gasteiger partial charge in [0, 0.05) is 13.0 Å². The molecule has 1 saturated heterocycles. The largest absolute Gasteiger partial charge is 0.480 e. The van der Waals surface area contributed by atoms with E-state index < -0.39 is 12.0 Å². The summed E-state index contributed by atoms with van der Waals surface area (Å²) in [5, 5.41) is 14.2. The predicted octanol–water partition coefficient (Wildman–Crippen LogP) is 2.52. The molecule has 0 aliphatic carbocycles. The van der Waals surface area contributed by atoms with Crippen LogP contribution < -0.4 is 5.32 Å². The number of hydrogen-bond donors (Lipinski definition) is 2. The SMILES string of the molecule is O=C(C[C@H]1CCCO1)N[C@@H](Cc1cccc2ccccc12)C(=O)O. The van der Waals surface area contributed by atoms with Gasteiger partial charge in [-0.2, -0.15) is 0 Å². The number of amides is 1. The number of carboxylic acid groups (broad SMARTS) is 1. The predicted molar refractivity (Wildman–Crippen MR) is 90.8 cm³/mol. The molecule has 1 aliphatic heterocycles. The van der Waals surface area contributed by atoms with Gasteiger partial charge in [0.15, 0.2) is 0 Å². The Bertz CT molecular complexity index is 732. The van der Waals surface area contributed by atoms with Crippen LogP contribution in [0.1, 0.15) is 24.8 Å². The Morgan fingerprint density at radius 3 is 2.75 bits per heavy atom. The number of hydrogen-bond acceptors (Lipinski definition) is 3. The Kier molecular flexibility index (Phi) is 5.11. The maximum atomic E-state index is 12.1. The van der Waals surface area contributed by atoms with Crippen molar-refractivity contribution in [2.24, 2.45) is 0 Å². The number of aliphatic carboxylic acids is 1. The lowest BCUT2D eigenvalue weighted by atomic mass is 9.98. The molecule has 24 heavy (non-hydrogen) atoms. The lowest BCUT2D eigenvalue weighted by Gasteiger charge is -2.17. The lowest BCUT2D eigenvalue weighted by Crippen LogP contribution is -2.43. The number of carboxylic acids is 1. The molecule has 0 unspecified atom stereocenters. The molecule has 0 aromatic heterocycles. The zero-order valence-corrected chi connectivity index (χ0v) is 13.4. The van der Waals surface area contributed by atoms with Crippen molar-refractivity contribution in [2.45, 2.75) is 37.8 Å². The molecule has 2 atom stereocenters. The standard InChI is InChI=1S/C19H21NO4/c21-18(12-15-8-4-10-24-15)20-17(19(22)23)11-14-7-3-6-13-5-1-2-9-16(13)14/h1-3,5-7,9,15,17H,4,8,10-12H2,(H,20,21)(H,22,23)/t15-,17+/m1/s1. The zero-order chi connectivity index (χ0) is 16.9. The highest BCUT2D eigenvalue weighted by Gasteiger charge is 2.24. The molecule has 0 saturated carbocycles. The van der Waals surface area contributed by atoms with Crippen molar-refractivity contribution < 1.29 is 19.4 Å². The third kappa shape index (κ3) is 3.92. The van der Waals surface area contributed by atoms with Crippen LogP contribution >= 0.6 is 0 Å². The molecule has 2 N–H and O–H groups in total. The second-order valence-corrected chi connectivity index (χ2v) is 6.14. The van der Waals surface area contributed by atoms with E-state index in [0.29, 0.717) is 6.61 Å². The molecule has 5 heteroatoms. The van der Waals surface area contributed by atoms with Gasteiger partial charge in [0.2, 0.25) is 5.91 Å². The molecule has 1 amide bonds. The summed E-state index contributed by atoms with van der Waals surface area (Å²) in [6.45, 7) is 0.677. The van der Waals surface area contributed by atoms with E-state index in [1.165, 1.54) is 0 Å². The molecule has 2 aromatic carbocycles. The molecule has 2 aromatic rings. The van der Waals surface area contributed by atoms with Crippen molar-refractivity contribution in [1.29, 1.82) is 0 Å². The smallest absolute Gasteiger partial charge is 0.326 e. The molecule has 1 heterocycles. The normalized spacial score (nSPS) is 18.4. The van der Waals surface area contributed by atoms with E-state index >= 15 is 0 Å². The summed E-state index contributed by atoms with van der Waals surface area (Å²) in [6, 6.07) is 12.7. The Morgan fingerprint density at radius 1 is 1.21 bits per heavy atom. The summed E-state index contributed by atoms with van der Waals surface area (Å²) in [6.07, 6.45) is 2.20. The first-order valence-electron chi connectivity index (χ1n) is 8.24. The van der Waals surface area contributed by atoms with Crippen molar-refractivity contribution in [3.05, 3.63) is 48.0 Å². The van der Waals surface area contributed by atoms with Crippen LogP contribution in [0.5, 0.6) is 0 Å². The number of rotatable bonds is 6. The van der Waals surface area contributed by atoms with Crippen LogP contribution in [-0.2, 0) is 20.7 Å². The van der Waals surface area contributed by atoms with Gasteiger partial charge in [0.05, 0.1) is 12.5 Å². The van der Waals surface area contributed by atoms with Crippen molar-refractivity contribution >= 4 is 22.6 Å². The van der Waals surface area contributed by atoms with Crippen molar-refractivity contribution in [1.82, 2.24) is 5.32 Å². The van der Waals surface area contributed by atoms with Gasteiger partial charge in [-0.3, -0.25) is 4.79 Å². The minimum atomic E-state index is -1.02. The van der Waals surface area contributed by atoms with Crippen LogP contribution in [0, 0.1) is 0 Å². The molecule has 1 fully saturated rings. The first-order valence-corrected chi connectivity index (χ1v) is 8.24. The third-order valence-corrected chi connectivity index (χ3v) is 4.37. The molecular formula is C19H21NO4. The van der Waals surface area contributed by atoms with Gasteiger partial charge in [-0.05, 0) is 29.2 Å². The summed E-state index contributed by atoms with van der Waals surface area (Å²) in [7, 11) is 0. The molecular weight excluding hydrogens is 306 g/mol. The fourth-order valence-electron chi connectivity index (χ4n) is 3.16. The van der Waals surface area contributed by atoms with Crippen LogP contribution in [0.3, 0.4) is 0 Å². The molecule has 0 radical (unpaired) electrons. The van der Waals surface area contributed by atoms with E-state index in [9.17, 15) is 14.7 Å². The van der Waals surface area contributed by atoms with Gasteiger partial charge in [0.1, 0.15) is 6.04 Å². The monoisotopic (exact) mass is 327 g/mol. The number of nitrogens with one attached hydrogen (secondary N) is 1. The van der Waals surface area contributed by atoms with E-state index in [0.717, 1.165) is 29.2 Å². The summed E-state index contributed by atoms with van der Waals surface area (Å²) in [4.78, 5) is 23.7. The van der Waals surface area contributed by atoms with Crippen LogP contribution in [0.2, 0.25) is 0 Å². The van der Waals surface area contributed by atoms with Crippen LogP contribution in [0.4, 0.5) is 0 Å². The van der Waals surface area contributed by atoms with E-state index in [-0.39, 0.29) is 24.9 Å². The number of ether oxygens (including phenoxy) is 1. The summed E-state index contributed by atoms with van der Waals surface area (Å²) in [5.41, 5.74) is 0.915. The Balaban J connectivity index is 1.71. The highest BCUT2D eigenvalue weighted by Crippen LogP contribution is 2.20. The highest BCUT2D eigenvalue weighted by molar-refractivity contribution is 5.88. The van der Waals surface area contributed by atoms with Gasteiger partial charge in [-0.25, -0.2) is 4.79 Å². The van der Waals surface area contributed by atoms with E-state index in [1.807, 2.05) is 42.5 Å². The van der Waals surface area contributed by atoms with Gasteiger partial charge >= 0.3 is 5.97 Å². The van der Waals surface area contributed by atoms with Gasteiger partial charge in [0.25, 0.3) is 0 Å². The average Bonchev–Trinajstić information content (AvgIpc) is 3.07. The molecule has 5 nitrogen and oxygen atoms in total. The summed E-state index contributed by atoms with van der Waals surface area (Å²) >= 11 is 0. The first-order chi connectivity index (χ1) is 11.6. The van der Waals surface area contributed by atoms with Crippen molar-refractivity contribution in [3.63, 3.8) is 0 Å². The fraction of sp³-hybridized carbons (Fsp3) is 0.368. The molecule has 126 valence electrons. The van der Waals surface area contributed by atoms with E-state index in [1.54, 1.807) is 0 Å². The number of fused-ring (bicyclic) bond motifs is 1. The topological polar surface area (TPSA) is 75.6 Å². The fourth-order valence-corrected chi connectivity index (χ4v) is 3.16. The maximum Gasteiger partial charge on any atom is 0.326 e. The first kappa shape index (κ1) is 16.5. The molecule has 1 aliphatic rings. The van der Waals surface area contributed by atoms with E-state index in [2.05, 4.69) is 5.32 Å². The Hall–Kier alpha value is -2.40. The number of carbonyl (C=O) groups is 2. The minimum absolute atomic E-state index is 0.0861. The number of carbonyl (C=O) groups excluding carboxylic acids is 1. The molecule has 0 spiro atoms. The molecule has 0 bridgehead atoms. The highest BCUT2D eigenvalue weighted by atomic mass is 16.5. The average molecular weight is 327 g/mol.